The van der Waals surface area contributed by atoms with E-state index in [1.54, 1.807) is 18.2 Å². The van der Waals surface area contributed by atoms with Crippen molar-refractivity contribution < 1.29 is 14.0 Å². The van der Waals surface area contributed by atoms with Crippen molar-refractivity contribution in [2.24, 2.45) is 5.41 Å². The predicted octanol–water partition coefficient (Wildman–Crippen LogP) is 3.13. The summed E-state index contributed by atoms with van der Waals surface area (Å²) in [6.07, 6.45) is 2.10. The maximum absolute atomic E-state index is 13.5. The number of nitrogens with one attached hydrogen (secondary N) is 2. The smallest absolute Gasteiger partial charge is 0.268 e. The summed E-state index contributed by atoms with van der Waals surface area (Å²) < 4.78 is 15.3. The monoisotopic (exact) mass is 357 g/mol. The van der Waals surface area contributed by atoms with Crippen molar-refractivity contribution in [2.75, 3.05) is 13.1 Å². The fourth-order valence-electron chi connectivity index (χ4n) is 3.01. The molecule has 138 valence electrons. The van der Waals surface area contributed by atoms with Gasteiger partial charge in [0.1, 0.15) is 11.5 Å². The van der Waals surface area contributed by atoms with Gasteiger partial charge >= 0.3 is 0 Å². The molecule has 6 heteroatoms. The van der Waals surface area contributed by atoms with Gasteiger partial charge in [-0.2, -0.15) is 0 Å². The second kappa shape index (κ2) is 6.94. The van der Waals surface area contributed by atoms with Gasteiger partial charge in [0.05, 0.1) is 6.04 Å². The van der Waals surface area contributed by atoms with Crippen molar-refractivity contribution in [1.82, 2.24) is 15.2 Å². The van der Waals surface area contributed by atoms with E-state index in [1.807, 2.05) is 10.8 Å². The molecule has 1 aliphatic rings. The molecule has 0 fully saturated rings. The molecule has 2 N–H and O–H groups in total. The minimum atomic E-state index is -0.325. The Balaban J connectivity index is 1.81. The van der Waals surface area contributed by atoms with E-state index in [0.29, 0.717) is 24.3 Å². The third-order valence-electron chi connectivity index (χ3n) is 4.37. The largest absolute Gasteiger partial charge is 0.356 e. The molecule has 1 aromatic heterocycles. The van der Waals surface area contributed by atoms with Crippen molar-refractivity contribution in [3.05, 3.63) is 48.0 Å². The standard InChI is InChI=1S/C20H24FN3O2/c1-20(2,3)12-23-18(25)9-16-10-22-19(26)17-8-14(11-24(16)17)13-5-4-6-15(21)7-13/h4-8,11,16H,9-10,12H2,1-3H3,(H,22,26)(H,23,25). The van der Waals surface area contributed by atoms with Gasteiger partial charge in [0, 0.05) is 31.3 Å². The lowest BCUT2D eigenvalue weighted by atomic mass is 9.97. The molecule has 0 spiro atoms. The Hall–Kier alpha value is -2.63. The van der Waals surface area contributed by atoms with Crippen LogP contribution in [-0.2, 0) is 4.79 Å². The summed E-state index contributed by atoms with van der Waals surface area (Å²) in [5.74, 6) is -0.554. The highest BCUT2D eigenvalue weighted by Crippen LogP contribution is 2.28. The van der Waals surface area contributed by atoms with Gasteiger partial charge in [0.15, 0.2) is 0 Å². The molecule has 1 aliphatic heterocycles. The molecule has 1 unspecified atom stereocenters. The summed E-state index contributed by atoms with van der Waals surface area (Å²) in [5, 5.41) is 5.77. The number of fused-ring (bicyclic) bond motifs is 1. The average Bonchev–Trinajstić information content (AvgIpc) is 3.01. The van der Waals surface area contributed by atoms with Crippen molar-refractivity contribution in [1.29, 1.82) is 0 Å². The first-order valence-electron chi connectivity index (χ1n) is 8.76. The third kappa shape index (κ3) is 4.12. The van der Waals surface area contributed by atoms with E-state index in [4.69, 9.17) is 0 Å². The van der Waals surface area contributed by atoms with Crippen LogP contribution >= 0.6 is 0 Å². The molecule has 0 radical (unpaired) electrons. The molecule has 3 rings (SSSR count). The Morgan fingerprint density at radius 2 is 2.08 bits per heavy atom. The van der Waals surface area contributed by atoms with Crippen LogP contribution in [0.2, 0.25) is 0 Å². The molecule has 2 aromatic rings. The fourth-order valence-corrected chi connectivity index (χ4v) is 3.01. The van der Waals surface area contributed by atoms with Gasteiger partial charge in [-0.1, -0.05) is 32.9 Å². The zero-order chi connectivity index (χ0) is 18.9. The van der Waals surface area contributed by atoms with Crippen LogP contribution in [0.25, 0.3) is 11.1 Å². The minimum absolute atomic E-state index is 0.0135. The topological polar surface area (TPSA) is 63.1 Å². The molecule has 2 heterocycles. The number of nitrogens with zero attached hydrogens (tertiary/aromatic N) is 1. The van der Waals surface area contributed by atoms with E-state index in [9.17, 15) is 14.0 Å². The van der Waals surface area contributed by atoms with E-state index in [2.05, 4.69) is 31.4 Å². The number of hydrogen-bond acceptors (Lipinski definition) is 2. The lowest BCUT2D eigenvalue weighted by Crippen LogP contribution is -2.41. The quantitative estimate of drug-likeness (QED) is 0.883. The first kappa shape index (κ1) is 18.2. The molecular formula is C20H24FN3O2. The number of benzene rings is 1. The number of rotatable bonds is 4. The van der Waals surface area contributed by atoms with E-state index >= 15 is 0 Å². The van der Waals surface area contributed by atoms with Crippen molar-refractivity contribution in [3.63, 3.8) is 0 Å². The number of amides is 2. The van der Waals surface area contributed by atoms with Gasteiger partial charge in [-0.05, 0) is 29.2 Å². The van der Waals surface area contributed by atoms with Gasteiger partial charge in [-0.15, -0.1) is 0 Å². The second-order valence-electron chi connectivity index (χ2n) is 7.94. The van der Waals surface area contributed by atoms with E-state index in [1.165, 1.54) is 12.1 Å². The van der Waals surface area contributed by atoms with Crippen LogP contribution in [0.5, 0.6) is 0 Å². The summed E-state index contributed by atoms with van der Waals surface area (Å²) in [5.41, 5.74) is 1.97. The van der Waals surface area contributed by atoms with Crippen LogP contribution in [0, 0.1) is 11.2 Å². The van der Waals surface area contributed by atoms with Gasteiger partial charge < -0.3 is 15.2 Å². The average molecular weight is 357 g/mol. The minimum Gasteiger partial charge on any atom is -0.356 e. The number of carbonyl (C=O) groups excluding carboxylic acids is 2. The molecule has 2 amide bonds. The summed E-state index contributed by atoms with van der Waals surface area (Å²) in [7, 11) is 0. The summed E-state index contributed by atoms with van der Waals surface area (Å²) in [6, 6.07) is 7.83. The zero-order valence-electron chi connectivity index (χ0n) is 15.3. The number of hydrogen-bond donors (Lipinski definition) is 2. The lowest BCUT2D eigenvalue weighted by molar-refractivity contribution is -0.122. The first-order valence-corrected chi connectivity index (χ1v) is 8.76. The van der Waals surface area contributed by atoms with Crippen molar-refractivity contribution in [2.45, 2.75) is 33.2 Å². The summed E-state index contributed by atoms with van der Waals surface area (Å²) in [4.78, 5) is 24.5. The van der Waals surface area contributed by atoms with Crippen LogP contribution in [0.15, 0.2) is 36.5 Å². The Morgan fingerprint density at radius 3 is 2.77 bits per heavy atom. The van der Waals surface area contributed by atoms with Crippen LogP contribution in [0.1, 0.15) is 43.7 Å². The van der Waals surface area contributed by atoms with Crippen LogP contribution in [0.4, 0.5) is 4.39 Å². The van der Waals surface area contributed by atoms with Gasteiger partial charge in [-0.3, -0.25) is 9.59 Å². The molecule has 0 saturated carbocycles. The van der Waals surface area contributed by atoms with Gasteiger partial charge in [0.2, 0.25) is 5.91 Å². The maximum Gasteiger partial charge on any atom is 0.268 e. The molecule has 0 aliphatic carbocycles. The van der Waals surface area contributed by atoms with Crippen LogP contribution < -0.4 is 10.6 Å². The van der Waals surface area contributed by atoms with Gasteiger partial charge in [0.25, 0.3) is 5.91 Å². The summed E-state index contributed by atoms with van der Waals surface area (Å²) in [6.45, 7) is 7.17. The Bertz CT molecular complexity index is 836. The fraction of sp³-hybridized carbons (Fsp3) is 0.400. The number of aromatic nitrogens is 1. The van der Waals surface area contributed by atoms with Crippen molar-refractivity contribution >= 4 is 11.8 Å². The SMILES string of the molecule is CC(C)(C)CNC(=O)CC1CNC(=O)c2cc(-c3cccc(F)c3)cn21. The highest BCUT2D eigenvalue weighted by atomic mass is 19.1. The van der Waals surface area contributed by atoms with Crippen LogP contribution in [-0.4, -0.2) is 29.5 Å². The van der Waals surface area contributed by atoms with Crippen molar-refractivity contribution in [3.8, 4) is 11.1 Å². The van der Waals surface area contributed by atoms with E-state index < -0.39 is 0 Å². The maximum atomic E-state index is 13.5. The summed E-state index contributed by atoms with van der Waals surface area (Å²) >= 11 is 0. The Kier molecular flexibility index (Phi) is 4.85. The normalized spacial score (nSPS) is 16.8. The highest BCUT2D eigenvalue weighted by Gasteiger charge is 2.27. The molecule has 1 atom stereocenters. The Labute approximate surface area is 152 Å². The third-order valence-corrected chi connectivity index (χ3v) is 4.37. The molecular weight excluding hydrogens is 333 g/mol. The molecule has 0 saturated heterocycles. The van der Waals surface area contributed by atoms with Gasteiger partial charge in [-0.25, -0.2) is 4.39 Å². The van der Waals surface area contributed by atoms with E-state index in [-0.39, 0.29) is 35.5 Å². The Morgan fingerprint density at radius 1 is 1.31 bits per heavy atom. The molecule has 26 heavy (non-hydrogen) atoms. The molecule has 5 nitrogen and oxygen atoms in total. The zero-order valence-corrected chi connectivity index (χ0v) is 15.3. The second-order valence-corrected chi connectivity index (χ2v) is 7.94. The highest BCUT2D eigenvalue weighted by molar-refractivity contribution is 5.95. The number of halogens is 1. The first-order chi connectivity index (χ1) is 12.2. The van der Waals surface area contributed by atoms with E-state index in [0.717, 1.165) is 5.56 Å². The lowest BCUT2D eigenvalue weighted by Gasteiger charge is -2.26. The number of carbonyl (C=O) groups is 2. The van der Waals surface area contributed by atoms with Crippen LogP contribution in [0.3, 0.4) is 0 Å². The molecule has 0 bridgehead atoms. The predicted molar refractivity (Wildman–Crippen MR) is 98.3 cm³/mol. The molecule has 1 aromatic carbocycles.